The number of amides is 4. The van der Waals surface area contributed by atoms with Gasteiger partial charge in [-0.2, -0.15) is 0 Å². The minimum absolute atomic E-state index is 0.0116. The summed E-state index contributed by atoms with van der Waals surface area (Å²) < 4.78 is 0. The number of anilines is 2. The summed E-state index contributed by atoms with van der Waals surface area (Å²) in [6, 6.07) is 6.99. The molecule has 1 aromatic rings. The van der Waals surface area contributed by atoms with Crippen LogP contribution < -0.4 is 10.6 Å². The van der Waals surface area contributed by atoms with Crippen LogP contribution in [0, 0.1) is 5.92 Å². The van der Waals surface area contributed by atoms with Crippen molar-refractivity contribution in [2.45, 2.75) is 19.8 Å². The fraction of sp³-hybridized carbons (Fsp3) is 0.471. The van der Waals surface area contributed by atoms with E-state index in [4.69, 9.17) is 0 Å². The number of hydrogen-bond acceptors (Lipinski definition) is 3. The lowest BCUT2D eigenvalue weighted by atomic mass is 9.96. The zero-order valence-corrected chi connectivity index (χ0v) is 14.3. The van der Waals surface area contributed by atoms with Crippen LogP contribution in [0.15, 0.2) is 24.3 Å². The van der Waals surface area contributed by atoms with Crippen molar-refractivity contribution in [1.29, 1.82) is 0 Å². The van der Waals surface area contributed by atoms with Crippen LogP contribution in [0.2, 0.25) is 0 Å². The molecule has 130 valence electrons. The summed E-state index contributed by atoms with van der Waals surface area (Å²) in [7, 11) is 3.46. The first-order chi connectivity index (χ1) is 11.4. The molecule has 24 heavy (non-hydrogen) atoms. The number of hydrogen-bond donors (Lipinski definition) is 2. The van der Waals surface area contributed by atoms with Crippen LogP contribution in [0.1, 0.15) is 19.8 Å². The third kappa shape index (κ3) is 4.71. The predicted molar refractivity (Wildman–Crippen MR) is 92.8 cm³/mol. The van der Waals surface area contributed by atoms with Gasteiger partial charge in [-0.05, 0) is 37.1 Å². The predicted octanol–water partition coefficient (Wildman–Crippen LogP) is 1.98. The topological polar surface area (TPSA) is 81.8 Å². The van der Waals surface area contributed by atoms with Crippen molar-refractivity contribution in [3.05, 3.63) is 24.3 Å². The Balaban J connectivity index is 1.85. The van der Waals surface area contributed by atoms with E-state index in [9.17, 15) is 14.4 Å². The van der Waals surface area contributed by atoms with Gasteiger partial charge in [0.2, 0.25) is 11.8 Å². The molecule has 1 heterocycles. The van der Waals surface area contributed by atoms with E-state index < -0.39 is 0 Å². The molecule has 1 aromatic carbocycles. The summed E-state index contributed by atoms with van der Waals surface area (Å²) in [4.78, 5) is 38.6. The zero-order valence-electron chi connectivity index (χ0n) is 14.3. The van der Waals surface area contributed by atoms with E-state index in [0.29, 0.717) is 37.3 Å². The Hall–Kier alpha value is -2.57. The Labute approximate surface area is 142 Å². The summed E-state index contributed by atoms with van der Waals surface area (Å²) in [5.41, 5.74) is 1.39. The molecule has 0 radical (unpaired) electrons. The maximum absolute atomic E-state index is 12.3. The Morgan fingerprint density at radius 1 is 1.00 bits per heavy atom. The quantitative estimate of drug-likeness (QED) is 0.888. The van der Waals surface area contributed by atoms with Crippen molar-refractivity contribution in [3.63, 3.8) is 0 Å². The Kier molecular flexibility index (Phi) is 5.78. The third-order valence-corrected chi connectivity index (χ3v) is 3.99. The molecule has 1 aliphatic rings. The highest BCUT2D eigenvalue weighted by molar-refractivity contribution is 5.93. The molecular weight excluding hydrogens is 308 g/mol. The highest BCUT2D eigenvalue weighted by atomic mass is 16.2. The highest BCUT2D eigenvalue weighted by Crippen LogP contribution is 2.21. The van der Waals surface area contributed by atoms with E-state index in [-0.39, 0.29) is 23.8 Å². The first-order valence-corrected chi connectivity index (χ1v) is 8.01. The summed E-state index contributed by atoms with van der Waals surface area (Å²) in [6.45, 7) is 2.64. The van der Waals surface area contributed by atoms with Gasteiger partial charge in [-0.15, -0.1) is 0 Å². The first-order valence-electron chi connectivity index (χ1n) is 8.01. The number of carbonyl (C=O) groups excluding carboxylic acids is 3. The zero-order chi connectivity index (χ0) is 17.7. The molecule has 1 saturated heterocycles. The lowest BCUT2D eigenvalue weighted by molar-refractivity contribution is -0.121. The average Bonchev–Trinajstić information content (AvgIpc) is 2.55. The van der Waals surface area contributed by atoms with E-state index in [1.54, 1.807) is 48.2 Å². The van der Waals surface area contributed by atoms with Crippen LogP contribution in [0.25, 0.3) is 0 Å². The molecule has 4 amide bonds. The van der Waals surface area contributed by atoms with Crippen LogP contribution in [-0.4, -0.2) is 54.8 Å². The number of likely N-dealkylation sites (tertiary alicyclic amines) is 1. The van der Waals surface area contributed by atoms with Crippen molar-refractivity contribution >= 4 is 29.2 Å². The maximum Gasteiger partial charge on any atom is 0.319 e. The number of nitrogens with zero attached hydrogens (tertiary/aromatic N) is 2. The van der Waals surface area contributed by atoms with E-state index in [1.807, 2.05) is 0 Å². The van der Waals surface area contributed by atoms with E-state index in [2.05, 4.69) is 10.6 Å². The van der Waals surface area contributed by atoms with Crippen molar-refractivity contribution in [3.8, 4) is 0 Å². The number of benzene rings is 1. The van der Waals surface area contributed by atoms with Crippen LogP contribution in [-0.2, 0) is 9.59 Å². The second-order valence-corrected chi connectivity index (χ2v) is 6.19. The van der Waals surface area contributed by atoms with Crippen molar-refractivity contribution in [1.82, 2.24) is 9.80 Å². The molecular formula is C17H24N4O3. The molecule has 0 atom stereocenters. The molecule has 2 N–H and O–H groups in total. The molecule has 0 bridgehead atoms. The van der Waals surface area contributed by atoms with Gasteiger partial charge >= 0.3 is 6.03 Å². The molecule has 2 rings (SSSR count). The lowest BCUT2D eigenvalue weighted by Crippen LogP contribution is -2.45. The normalized spacial score (nSPS) is 14.9. The van der Waals surface area contributed by atoms with Gasteiger partial charge < -0.3 is 20.4 Å². The molecule has 7 heteroatoms. The molecule has 0 saturated carbocycles. The molecule has 0 aromatic heterocycles. The highest BCUT2D eigenvalue weighted by Gasteiger charge is 2.27. The van der Waals surface area contributed by atoms with Crippen LogP contribution in [0.4, 0.5) is 16.2 Å². The lowest BCUT2D eigenvalue weighted by Gasteiger charge is -2.33. The third-order valence-electron chi connectivity index (χ3n) is 3.99. The number of urea groups is 1. The SMILES string of the molecule is CC(=O)Nc1ccc(NC(=O)C2CCN(C(=O)N(C)C)CC2)cc1. The molecule has 0 unspecified atom stereocenters. The van der Waals surface area contributed by atoms with Gasteiger partial charge in [-0.25, -0.2) is 4.79 Å². The smallest absolute Gasteiger partial charge is 0.319 e. The van der Waals surface area contributed by atoms with Crippen molar-refractivity contribution in [2.75, 3.05) is 37.8 Å². The van der Waals surface area contributed by atoms with Crippen molar-refractivity contribution in [2.24, 2.45) is 5.92 Å². The van der Waals surface area contributed by atoms with Gasteiger partial charge in [0.25, 0.3) is 0 Å². The van der Waals surface area contributed by atoms with Gasteiger partial charge in [0.15, 0.2) is 0 Å². The van der Waals surface area contributed by atoms with Gasteiger partial charge in [0, 0.05) is 51.4 Å². The molecule has 7 nitrogen and oxygen atoms in total. The number of rotatable bonds is 3. The fourth-order valence-electron chi connectivity index (χ4n) is 2.70. The second-order valence-electron chi connectivity index (χ2n) is 6.19. The Morgan fingerprint density at radius 2 is 1.50 bits per heavy atom. The minimum Gasteiger partial charge on any atom is -0.331 e. The van der Waals surface area contributed by atoms with Crippen LogP contribution in [0.3, 0.4) is 0 Å². The number of carbonyl (C=O) groups is 3. The number of nitrogens with one attached hydrogen (secondary N) is 2. The Morgan fingerprint density at radius 3 is 1.96 bits per heavy atom. The Bertz CT molecular complexity index is 605. The second kappa shape index (κ2) is 7.81. The molecule has 1 aliphatic heterocycles. The largest absolute Gasteiger partial charge is 0.331 e. The van der Waals surface area contributed by atoms with Gasteiger partial charge in [-0.1, -0.05) is 0 Å². The maximum atomic E-state index is 12.3. The van der Waals surface area contributed by atoms with Gasteiger partial charge in [0.1, 0.15) is 0 Å². The summed E-state index contributed by atoms with van der Waals surface area (Å²) in [5, 5.41) is 5.57. The fourth-order valence-corrected chi connectivity index (χ4v) is 2.70. The van der Waals surface area contributed by atoms with Crippen LogP contribution in [0.5, 0.6) is 0 Å². The van der Waals surface area contributed by atoms with Gasteiger partial charge in [-0.3, -0.25) is 9.59 Å². The standard InChI is InChI=1S/C17H24N4O3/c1-12(22)18-14-4-6-15(7-5-14)19-16(23)13-8-10-21(11-9-13)17(24)20(2)3/h4-7,13H,8-11H2,1-3H3,(H,18,22)(H,19,23). The van der Waals surface area contributed by atoms with E-state index in [0.717, 1.165) is 0 Å². The summed E-state index contributed by atoms with van der Waals surface area (Å²) >= 11 is 0. The first kappa shape index (κ1) is 17.8. The summed E-state index contributed by atoms with van der Waals surface area (Å²) in [6.07, 6.45) is 1.32. The molecule has 1 fully saturated rings. The van der Waals surface area contributed by atoms with Crippen molar-refractivity contribution < 1.29 is 14.4 Å². The minimum atomic E-state index is -0.134. The molecule has 0 spiro atoms. The average molecular weight is 332 g/mol. The van der Waals surface area contributed by atoms with Crippen LogP contribution >= 0.6 is 0 Å². The number of piperidine rings is 1. The monoisotopic (exact) mass is 332 g/mol. The van der Waals surface area contributed by atoms with Gasteiger partial charge in [0.05, 0.1) is 0 Å². The van der Waals surface area contributed by atoms with E-state index in [1.165, 1.54) is 6.92 Å². The van der Waals surface area contributed by atoms with E-state index >= 15 is 0 Å². The molecule has 0 aliphatic carbocycles. The summed E-state index contributed by atoms with van der Waals surface area (Å²) in [5.74, 6) is -0.253.